The van der Waals surface area contributed by atoms with Crippen molar-refractivity contribution < 1.29 is 9.50 Å². The Hall–Kier alpha value is -1.06. The highest BCUT2D eigenvalue weighted by molar-refractivity contribution is 6.32. The van der Waals surface area contributed by atoms with Crippen LogP contribution in [0.25, 0.3) is 10.9 Å². The number of aliphatic hydroxyl groups excluding tert-OH is 1. The predicted octanol–water partition coefficient (Wildman–Crippen LogP) is 2.46. The molecule has 1 aromatic carbocycles. The lowest BCUT2D eigenvalue weighted by molar-refractivity contribution is 0.283. The van der Waals surface area contributed by atoms with Gasteiger partial charge in [-0.3, -0.25) is 0 Å². The smallest absolute Gasteiger partial charge is 0.147 e. The molecular weight excluding hydrogens is 205 g/mol. The third-order valence-corrected chi connectivity index (χ3v) is 2.83. The van der Waals surface area contributed by atoms with Crippen LogP contribution in [-0.4, -0.2) is 9.67 Å². The highest BCUT2D eigenvalue weighted by Crippen LogP contribution is 2.30. The zero-order valence-electron chi connectivity index (χ0n) is 7.59. The molecule has 0 saturated heterocycles. The van der Waals surface area contributed by atoms with E-state index in [4.69, 9.17) is 16.7 Å². The molecular formula is C10H9ClFNO. The number of aryl methyl sites for hydroxylation is 1. The Morgan fingerprint density at radius 3 is 2.86 bits per heavy atom. The van der Waals surface area contributed by atoms with Gasteiger partial charge in [-0.15, -0.1) is 0 Å². The second-order valence-electron chi connectivity index (χ2n) is 3.12. The number of halogens is 2. The van der Waals surface area contributed by atoms with E-state index in [2.05, 4.69) is 0 Å². The van der Waals surface area contributed by atoms with Crippen molar-refractivity contribution in [2.75, 3.05) is 0 Å². The fourth-order valence-electron chi connectivity index (χ4n) is 1.66. The molecule has 2 aromatic rings. The number of nitrogens with zero attached hydrogens (tertiary/aromatic N) is 1. The third-order valence-electron chi connectivity index (χ3n) is 2.35. The van der Waals surface area contributed by atoms with Crippen molar-refractivity contribution in [3.63, 3.8) is 0 Å². The molecule has 0 amide bonds. The summed E-state index contributed by atoms with van der Waals surface area (Å²) in [6.45, 7) is -0.181. The Kier molecular flexibility index (Phi) is 2.21. The van der Waals surface area contributed by atoms with Gasteiger partial charge < -0.3 is 9.67 Å². The SMILES string of the molecule is Cn1c(Cl)c(CO)c2cccc(F)c21. The first-order valence-electron chi connectivity index (χ1n) is 4.19. The molecule has 0 aliphatic rings. The molecule has 0 aliphatic heterocycles. The molecule has 2 rings (SSSR count). The van der Waals surface area contributed by atoms with Gasteiger partial charge in [0.15, 0.2) is 0 Å². The Morgan fingerprint density at radius 2 is 2.21 bits per heavy atom. The molecule has 0 unspecified atom stereocenters. The molecule has 74 valence electrons. The van der Waals surface area contributed by atoms with Gasteiger partial charge in [-0.05, 0) is 6.07 Å². The van der Waals surface area contributed by atoms with E-state index in [0.717, 1.165) is 0 Å². The van der Waals surface area contributed by atoms with Crippen LogP contribution in [0.1, 0.15) is 5.56 Å². The first kappa shape index (κ1) is 9.49. The lowest BCUT2D eigenvalue weighted by Gasteiger charge is -1.97. The lowest BCUT2D eigenvalue weighted by Crippen LogP contribution is -1.89. The van der Waals surface area contributed by atoms with Gasteiger partial charge in [0.05, 0.1) is 12.1 Å². The average Bonchev–Trinajstić information content (AvgIpc) is 2.41. The summed E-state index contributed by atoms with van der Waals surface area (Å²) in [5.74, 6) is -0.327. The maximum Gasteiger partial charge on any atom is 0.147 e. The molecule has 0 fully saturated rings. The van der Waals surface area contributed by atoms with Gasteiger partial charge in [-0.1, -0.05) is 23.7 Å². The first-order chi connectivity index (χ1) is 6.66. The van der Waals surface area contributed by atoms with Gasteiger partial charge >= 0.3 is 0 Å². The zero-order chi connectivity index (χ0) is 10.3. The van der Waals surface area contributed by atoms with E-state index < -0.39 is 0 Å². The van der Waals surface area contributed by atoms with E-state index in [1.54, 1.807) is 19.2 Å². The van der Waals surface area contributed by atoms with E-state index in [-0.39, 0.29) is 12.4 Å². The molecule has 0 radical (unpaired) electrons. The summed E-state index contributed by atoms with van der Waals surface area (Å²) in [6, 6.07) is 4.73. The first-order valence-corrected chi connectivity index (χ1v) is 4.56. The van der Waals surface area contributed by atoms with E-state index in [1.165, 1.54) is 10.6 Å². The Morgan fingerprint density at radius 1 is 1.50 bits per heavy atom. The minimum atomic E-state index is -0.327. The number of hydrogen-bond acceptors (Lipinski definition) is 1. The summed E-state index contributed by atoms with van der Waals surface area (Å²) in [5.41, 5.74) is 1.00. The van der Waals surface area contributed by atoms with Gasteiger partial charge in [-0.2, -0.15) is 0 Å². The largest absolute Gasteiger partial charge is 0.392 e. The number of benzene rings is 1. The van der Waals surface area contributed by atoms with Crippen molar-refractivity contribution >= 4 is 22.5 Å². The number of fused-ring (bicyclic) bond motifs is 1. The number of hydrogen-bond donors (Lipinski definition) is 1. The molecule has 0 atom stereocenters. The van der Waals surface area contributed by atoms with Gasteiger partial charge in [0.2, 0.25) is 0 Å². The molecule has 4 heteroatoms. The second-order valence-corrected chi connectivity index (χ2v) is 3.48. The molecule has 1 aromatic heterocycles. The van der Waals surface area contributed by atoms with Crippen LogP contribution in [0.3, 0.4) is 0 Å². The van der Waals surface area contributed by atoms with Crippen molar-refractivity contribution in [3.8, 4) is 0 Å². The van der Waals surface area contributed by atoms with E-state index in [1.807, 2.05) is 0 Å². The fourth-order valence-corrected chi connectivity index (χ4v) is 1.91. The van der Waals surface area contributed by atoms with Gasteiger partial charge in [0, 0.05) is 18.0 Å². The normalized spacial score (nSPS) is 11.1. The monoisotopic (exact) mass is 213 g/mol. The van der Waals surface area contributed by atoms with Crippen LogP contribution in [-0.2, 0) is 13.7 Å². The van der Waals surface area contributed by atoms with Crippen LogP contribution in [0, 0.1) is 5.82 Å². The van der Waals surface area contributed by atoms with Crippen molar-refractivity contribution in [1.82, 2.24) is 4.57 Å². The molecule has 0 bridgehead atoms. The van der Waals surface area contributed by atoms with Gasteiger partial charge in [-0.25, -0.2) is 4.39 Å². The van der Waals surface area contributed by atoms with Crippen molar-refractivity contribution in [1.29, 1.82) is 0 Å². The molecule has 1 N–H and O–H groups in total. The highest BCUT2D eigenvalue weighted by atomic mass is 35.5. The van der Waals surface area contributed by atoms with Crippen LogP contribution >= 0.6 is 11.6 Å². The maximum atomic E-state index is 13.4. The van der Waals surface area contributed by atoms with Crippen LogP contribution in [0.4, 0.5) is 4.39 Å². The summed E-state index contributed by atoms with van der Waals surface area (Å²) in [5, 5.41) is 10.1. The summed E-state index contributed by atoms with van der Waals surface area (Å²) >= 11 is 5.95. The van der Waals surface area contributed by atoms with E-state index in [9.17, 15) is 4.39 Å². The second kappa shape index (κ2) is 3.26. The van der Waals surface area contributed by atoms with Gasteiger partial charge in [0.1, 0.15) is 11.0 Å². The summed E-state index contributed by atoms with van der Waals surface area (Å²) in [6.07, 6.45) is 0. The van der Waals surface area contributed by atoms with Crippen LogP contribution in [0.15, 0.2) is 18.2 Å². The highest BCUT2D eigenvalue weighted by Gasteiger charge is 2.14. The Labute approximate surface area is 85.5 Å². The van der Waals surface area contributed by atoms with Crippen molar-refractivity contribution in [2.45, 2.75) is 6.61 Å². The topological polar surface area (TPSA) is 25.2 Å². The fraction of sp³-hybridized carbons (Fsp3) is 0.200. The van der Waals surface area contributed by atoms with Crippen molar-refractivity contribution in [2.24, 2.45) is 7.05 Å². The molecule has 0 saturated carbocycles. The average molecular weight is 214 g/mol. The molecule has 2 nitrogen and oxygen atoms in total. The van der Waals surface area contributed by atoms with Gasteiger partial charge in [0.25, 0.3) is 0 Å². The summed E-state index contributed by atoms with van der Waals surface area (Å²) in [4.78, 5) is 0. The molecule has 0 spiro atoms. The van der Waals surface area contributed by atoms with Crippen molar-refractivity contribution in [3.05, 3.63) is 34.7 Å². The maximum absolute atomic E-state index is 13.4. The number of aromatic nitrogens is 1. The molecule has 0 aliphatic carbocycles. The standard InChI is InChI=1S/C10H9ClFNO/c1-13-9-6(3-2-4-8(9)12)7(5-14)10(13)11/h2-4,14H,5H2,1H3. The zero-order valence-corrected chi connectivity index (χ0v) is 8.35. The number of para-hydroxylation sites is 1. The minimum absolute atomic E-state index is 0.181. The van der Waals surface area contributed by atoms with E-state index in [0.29, 0.717) is 21.6 Å². The summed E-state index contributed by atoms with van der Waals surface area (Å²) < 4.78 is 15.0. The van der Waals surface area contributed by atoms with E-state index >= 15 is 0 Å². The number of aliphatic hydroxyl groups is 1. The Bertz CT molecular complexity index is 492. The molecule has 14 heavy (non-hydrogen) atoms. The predicted molar refractivity (Wildman–Crippen MR) is 53.8 cm³/mol. The number of rotatable bonds is 1. The lowest BCUT2D eigenvalue weighted by atomic mass is 10.2. The summed E-state index contributed by atoms with van der Waals surface area (Å²) in [7, 11) is 1.67. The quantitative estimate of drug-likeness (QED) is 0.774. The van der Waals surface area contributed by atoms with Crippen LogP contribution in [0.5, 0.6) is 0 Å². The molecule has 1 heterocycles. The third kappa shape index (κ3) is 1.13. The van der Waals surface area contributed by atoms with Crippen LogP contribution < -0.4 is 0 Å². The minimum Gasteiger partial charge on any atom is -0.392 e. The van der Waals surface area contributed by atoms with Crippen LogP contribution in [0.2, 0.25) is 5.15 Å². The Balaban J connectivity index is 2.95.